The normalized spacial score (nSPS) is 14.6. The molecule has 1 unspecified atom stereocenters. The highest BCUT2D eigenvalue weighted by molar-refractivity contribution is 5.84. The molecule has 5 heteroatoms. The van der Waals surface area contributed by atoms with Crippen LogP contribution in [0.4, 0.5) is 0 Å². The second-order valence-corrected chi connectivity index (χ2v) is 4.59. The molecule has 0 fully saturated rings. The van der Waals surface area contributed by atoms with E-state index in [1.54, 1.807) is 6.33 Å². The lowest BCUT2D eigenvalue weighted by molar-refractivity contribution is -0.124. The second-order valence-electron chi connectivity index (χ2n) is 4.59. The van der Waals surface area contributed by atoms with Crippen LogP contribution >= 0.6 is 0 Å². The van der Waals surface area contributed by atoms with Crippen molar-refractivity contribution in [1.82, 2.24) is 14.9 Å². The minimum atomic E-state index is -0.653. The van der Waals surface area contributed by atoms with Crippen LogP contribution in [0.3, 0.4) is 0 Å². The molecular weight excluding hydrogens is 216 g/mol. The summed E-state index contributed by atoms with van der Waals surface area (Å²) < 4.78 is 2.05. The summed E-state index contributed by atoms with van der Waals surface area (Å²) in [6.45, 7) is 9.27. The van der Waals surface area contributed by atoms with Gasteiger partial charge in [0, 0.05) is 12.2 Å². The number of likely N-dealkylation sites (N-methyl/N-ethyl adjacent to an activating group) is 1. The Bertz CT molecular complexity index is 399. The van der Waals surface area contributed by atoms with Crippen LogP contribution in [0.1, 0.15) is 31.7 Å². The third kappa shape index (κ3) is 3.06. The minimum absolute atomic E-state index is 0.311. The van der Waals surface area contributed by atoms with E-state index in [2.05, 4.69) is 10.3 Å². The van der Waals surface area contributed by atoms with E-state index in [-0.39, 0.29) is 5.91 Å². The highest BCUT2D eigenvalue weighted by atomic mass is 16.1. The van der Waals surface area contributed by atoms with Gasteiger partial charge in [-0.15, -0.1) is 0 Å². The summed E-state index contributed by atoms with van der Waals surface area (Å²) in [5, 5.41) is 3.15. The van der Waals surface area contributed by atoms with E-state index in [1.807, 2.05) is 32.3 Å². The fraction of sp³-hybridized carbons (Fsp3) is 0.667. The zero-order valence-electron chi connectivity index (χ0n) is 11.1. The first-order valence-corrected chi connectivity index (χ1v) is 5.94. The molecule has 0 aliphatic rings. The maximum Gasteiger partial charge on any atom is 0.237 e. The summed E-state index contributed by atoms with van der Waals surface area (Å²) >= 11 is 0. The monoisotopic (exact) mass is 238 g/mol. The number of rotatable bonds is 6. The molecule has 0 aliphatic heterocycles. The van der Waals surface area contributed by atoms with Gasteiger partial charge < -0.3 is 15.6 Å². The van der Waals surface area contributed by atoms with Crippen molar-refractivity contribution in [2.24, 2.45) is 5.73 Å². The number of amides is 1. The fourth-order valence-corrected chi connectivity index (χ4v) is 1.80. The van der Waals surface area contributed by atoms with E-state index in [0.29, 0.717) is 6.42 Å². The van der Waals surface area contributed by atoms with Gasteiger partial charge >= 0.3 is 0 Å². The standard InChI is InChI=1S/C12H22N4O/c1-5-15-12(4,11(13)17)6-7-16-8-14-9(2)10(16)3/h8,15H,5-7H2,1-4H3,(H2,13,17). The first-order chi connectivity index (χ1) is 7.90. The summed E-state index contributed by atoms with van der Waals surface area (Å²) in [6.07, 6.45) is 2.46. The van der Waals surface area contributed by atoms with E-state index in [0.717, 1.165) is 24.5 Å². The molecule has 1 rings (SSSR count). The van der Waals surface area contributed by atoms with Crippen LogP contribution in [-0.2, 0) is 11.3 Å². The molecule has 0 radical (unpaired) electrons. The van der Waals surface area contributed by atoms with E-state index in [4.69, 9.17) is 5.73 Å². The predicted octanol–water partition coefficient (Wildman–Crippen LogP) is 0.744. The number of carbonyl (C=O) groups is 1. The number of primary amides is 1. The molecule has 3 N–H and O–H groups in total. The van der Waals surface area contributed by atoms with Crippen LogP contribution < -0.4 is 11.1 Å². The van der Waals surface area contributed by atoms with Crippen molar-refractivity contribution in [3.63, 3.8) is 0 Å². The third-order valence-corrected chi connectivity index (χ3v) is 3.31. The molecular formula is C12H22N4O. The van der Waals surface area contributed by atoms with Crippen molar-refractivity contribution >= 4 is 5.91 Å². The lowest BCUT2D eigenvalue weighted by atomic mass is 9.97. The van der Waals surface area contributed by atoms with Crippen LogP contribution in [0.25, 0.3) is 0 Å². The predicted molar refractivity (Wildman–Crippen MR) is 67.6 cm³/mol. The number of aryl methyl sites for hydroxylation is 2. The van der Waals surface area contributed by atoms with Crippen LogP contribution in [0.15, 0.2) is 6.33 Å². The number of nitrogens with zero attached hydrogens (tertiary/aromatic N) is 2. The molecule has 0 saturated heterocycles. The first-order valence-electron chi connectivity index (χ1n) is 5.94. The second kappa shape index (κ2) is 5.31. The Kier molecular flexibility index (Phi) is 4.28. The van der Waals surface area contributed by atoms with Gasteiger partial charge in [0.2, 0.25) is 5.91 Å². The summed E-state index contributed by atoms with van der Waals surface area (Å²) in [5.74, 6) is -0.311. The molecule has 17 heavy (non-hydrogen) atoms. The Morgan fingerprint density at radius 2 is 2.24 bits per heavy atom. The van der Waals surface area contributed by atoms with Crippen LogP contribution in [0.2, 0.25) is 0 Å². The fourth-order valence-electron chi connectivity index (χ4n) is 1.80. The Morgan fingerprint density at radius 1 is 1.59 bits per heavy atom. The smallest absolute Gasteiger partial charge is 0.237 e. The van der Waals surface area contributed by atoms with Crippen LogP contribution in [0.5, 0.6) is 0 Å². The van der Waals surface area contributed by atoms with Crippen molar-refractivity contribution in [2.75, 3.05) is 6.54 Å². The quantitative estimate of drug-likeness (QED) is 0.768. The molecule has 0 aromatic carbocycles. The Labute approximate surface area is 102 Å². The largest absolute Gasteiger partial charge is 0.368 e. The van der Waals surface area contributed by atoms with Gasteiger partial charge in [-0.2, -0.15) is 0 Å². The summed E-state index contributed by atoms with van der Waals surface area (Å²) in [5.41, 5.74) is 6.94. The van der Waals surface area contributed by atoms with E-state index < -0.39 is 5.54 Å². The van der Waals surface area contributed by atoms with Crippen molar-refractivity contribution in [2.45, 2.75) is 46.2 Å². The van der Waals surface area contributed by atoms with Gasteiger partial charge in [-0.25, -0.2) is 4.98 Å². The Hall–Kier alpha value is -1.36. The summed E-state index contributed by atoms with van der Waals surface area (Å²) in [7, 11) is 0. The van der Waals surface area contributed by atoms with Crippen molar-refractivity contribution in [3.05, 3.63) is 17.7 Å². The lowest BCUT2D eigenvalue weighted by Crippen LogP contribution is -2.53. The minimum Gasteiger partial charge on any atom is -0.368 e. The van der Waals surface area contributed by atoms with Crippen molar-refractivity contribution in [1.29, 1.82) is 0 Å². The van der Waals surface area contributed by atoms with Crippen molar-refractivity contribution in [3.8, 4) is 0 Å². The molecule has 0 spiro atoms. The first kappa shape index (κ1) is 13.7. The molecule has 1 heterocycles. The molecule has 1 aromatic heterocycles. The average molecular weight is 238 g/mol. The molecule has 96 valence electrons. The van der Waals surface area contributed by atoms with Gasteiger partial charge in [-0.3, -0.25) is 4.79 Å². The number of hydrogen-bond donors (Lipinski definition) is 2. The highest BCUT2D eigenvalue weighted by Crippen LogP contribution is 2.13. The Morgan fingerprint density at radius 3 is 2.65 bits per heavy atom. The van der Waals surface area contributed by atoms with Gasteiger partial charge in [0.25, 0.3) is 0 Å². The number of aromatic nitrogens is 2. The number of nitrogens with two attached hydrogens (primary N) is 1. The van der Waals surface area contributed by atoms with Gasteiger partial charge in [0.15, 0.2) is 0 Å². The van der Waals surface area contributed by atoms with Gasteiger partial charge in [0.1, 0.15) is 0 Å². The van der Waals surface area contributed by atoms with E-state index in [1.165, 1.54) is 0 Å². The zero-order valence-corrected chi connectivity index (χ0v) is 11.1. The van der Waals surface area contributed by atoms with Gasteiger partial charge in [0.05, 0.1) is 17.6 Å². The topological polar surface area (TPSA) is 72.9 Å². The molecule has 1 aromatic rings. The number of carbonyl (C=O) groups excluding carboxylic acids is 1. The lowest BCUT2D eigenvalue weighted by Gasteiger charge is -2.27. The third-order valence-electron chi connectivity index (χ3n) is 3.31. The summed E-state index contributed by atoms with van der Waals surface area (Å²) in [4.78, 5) is 15.7. The van der Waals surface area contributed by atoms with Gasteiger partial charge in [-0.05, 0) is 33.7 Å². The SMILES string of the molecule is CCNC(C)(CCn1cnc(C)c1C)C(N)=O. The van der Waals surface area contributed by atoms with Gasteiger partial charge in [-0.1, -0.05) is 6.92 Å². The average Bonchev–Trinajstić information content (AvgIpc) is 2.57. The number of hydrogen-bond acceptors (Lipinski definition) is 3. The molecule has 0 bridgehead atoms. The summed E-state index contributed by atoms with van der Waals surface area (Å²) in [6, 6.07) is 0. The highest BCUT2D eigenvalue weighted by Gasteiger charge is 2.29. The zero-order chi connectivity index (χ0) is 13.1. The maximum absolute atomic E-state index is 11.5. The number of nitrogens with one attached hydrogen (secondary N) is 1. The number of imidazole rings is 1. The van der Waals surface area contributed by atoms with E-state index in [9.17, 15) is 4.79 Å². The molecule has 0 saturated carbocycles. The Balaban J connectivity index is 2.71. The molecule has 5 nitrogen and oxygen atoms in total. The molecule has 1 amide bonds. The van der Waals surface area contributed by atoms with Crippen molar-refractivity contribution < 1.29 is 4.79 Å². The molecule has 1 atom stereocenters. The molecule has 0 aliphatic carbocycles. The van der Waals surface area contributed by atoms with Crippen LogP contribution in [-0.4, -0.2) is 27.5 Å². The van der Waals surface area contributed by atoms with Crippen LogP contribution in [0, 0.1) is 13.8 Å². The van der Waals surface area contributed by atoms with E-state index >= 15 is 0 Å². The maximum atomic E-state index is 11.5.